The summed E-state index contributed by atoms with van der Waals surface area (Å²) in [6.45, 7) is 14.2. The minimum atomic E-state index is -3.64. The van der Waals surface area contributed by atoms with E-state index in [1.54, 1.807) is 19.9 Å². The zero-order valence-corrected chi connectivity index (χ0v) is 19.1. The molecule has 2 aliphatic rings. The zero-order chi connectivity index (χ0) is 20.1. The van der Waals surface area contributed by atoms with E-state index in [0.29, 0.717) is 0 Å². The number of rotatable bonds is 5. The quantitative estimate of drug-likeness (QED) is 0.549. The molecule has 0 unspecified atom stereocenters. The molecule has 0 aromatic carbocycles. The Balaban J connectivity index is 2.47. The third-order valence-corrected chi connectivity index (χ3v) is 12.0. The fraction of sp³-hybridized carbons (Fsp3) is 0.882. The summed E-state index contributed by atoms with van der Waals surface area (Å²) in [4.78, 5) is 0. The van der Waals surface area contributed by atoms with E-state index in [0.717, 1.165) is 0 Å². The van der Waals surface area contributed by atoms with E-state index in [9.17, 15) is 9.67 Å². The van der Waals surface area contributed by atoms with Crippen LogP contribution in [0.4, 0.5) is 0 Å². The molecule has 0 aromatic heterocycles. The van der Waals surface area contributed by atoms with Gasteiger partial charge >= 0.3 is 7.60 Å². The van der Waals surface area contributed by atoms with Crippen molar-refractivity contribution >= 4 is 15.9 Å². The Morgan fingerprint density at radius 2 is 1.73 bits per heavy atom. The fourth-order valence-electron chi connectivity index (χ4n) is 3.00. The molecule has 1 N–H and O–H groups in total. The Kier molecular flexibility index (Phi) is 6.06. The van der Waals surface area contributed by atoms with Crippen molar-refractivity contribution in [3.8, 4) is 0 Å². The van der Waals surface area contributed by atoms with Gasteiger partial charge in [0.25, 0.3) is 0 Å². The first-order chi connectivity index (χ1) is 11.7. The van der Waals surface area contributed by atoms with Gasteiger partial charge in [0.05, 0.1) is 5.31 Å². The van der Waals surface area contributed by atoms with Crippen molar-refractivity contribution in [1.82, 2.24) is 0 Å². The SMILES string of the molecule is COP(=O)(OC)C1=C[C@H]2OC(C)(C)O[C@H]2[C@H](O[Si](C)(C)C(C)(C)C)[C@H]1O. The van der Waals surface area contributed by atoms with Crippen molar-refractivity contribution in [2.45, 2.75) is 83.0 Å². The summed E-state index contributed by atoms with van der Waals surface area (Å²) in [5.74, 6) is -0.833. The lowest BCUT2D eigenvalue weighted by atomic mass is 9.96. The van der Waals surface area contributed by atoms with Gasteiger partial charge < -0.3 is 28.1 Å². The van der Waals surface area contributed by atoms with Gasteiger partial charge in [0.1, 0.15) is 24.4 Å². The molecule has 0 spiro atoms. The number of ether oxygens (including phenoxy) is 2. The van der Waals surface area contributed by atoms with Crippen LogP contribution in [-0.2, 0) is 27.5 Å². The second kappa shape index (κ2) is 7.08. The number of fused-ring (bicyclic) bond motifs is 1. The molecule has 0 bridgehead atoms. The topological polar surface area (TPSA) is 83.5 Å². The molecule has 0 aromatic rings. The van der Waals surface area contributed by atoms with Gasteiger partial charge in [0.15, 0.2) is 14.1 Å². The van der Waals surface area contributed by atoms with Gasteiger partial charge in [-0.15, -0.1) is 0 Å². The molecule has 1 fully saturated rings. The molecule has 152 valence electrons. The molecule has 1 heterocycles. The summed E-state index contributed by atoms with van der Waals surface area (Å²) in [7, 11) is -3.29. The molecule has 0 amide bonds. The van der Waals surface area contributed by atoms with Gasteiger partial charge in [-0.2, -0.15) is 0 Å². The second-order valence-corrected chi connectivity index (χ2v) is 15.8. The van der Waals surface area contributed by atoms with Gasteiger partial charge in [-0.25, -0.2) is 0 Å². The first kappa shape index (κ1) is 22.2. The van der Waals surface area contributed by atoms with E-state index < -0.39 is 46.1 Å². The van der Waals surface area contributed by atoms with Crippen molar-refractivity contribution in [3.05, 3.63) is 11.4 Å². The largest absolute Gasteiger partial charge is 0.408 e. The first-order valence-electron chi connectivity index (χ1n) is 8.83. The lowest BCUT2D eigenvalue weighted by Crippen LogP contribution is -2.55. The molecule has 2 rings (SSSR count). The lowest BCUT2D eigenvalue weighted by molar-refractivity contribution is -0.156. The molecule has 9 heteroatoms. The maximum Gasteiger partial charge on any atom is 0.359 e. The van der Waals surface area contributed by atoms with Gasteiger partial charge in [-0.3, -0.25) is 4.57 Å². The molecule has 1 saturated heterocycles. The highest BCUT2D eigenvalue weighted by atomic mass is 31.2. The monoisotopic (exact) mass is 408 g/mol. The minimum absolute atomic E-state index is 0.0648. The van der Waals surface area contributed by atoms with Crippen molar-refractivity contribution < 1.29 is 32.6 Å². The minimum Gasteiger partial charge on any atom is -0.408 e. The van der Waals surface area contributed by atoms with E-state index in [1.165, 1.54) is 14.2 Å². The van der Waals surface area contributed by atoms with E-state index >= 15 is 0 Å². The van der Waals surface area contributed by atoms with E-state index in [2.05, 4.69) is 33.9 Å². The lowest BCUT2D eigenvalue weighted by Gasteiger charge is -2.44. The van der Waals surface area contributed by atoms with E-state index in [1.807, 2.05) is 0 Å². The van der Waals surface area contributed by atoms with Crippen LogP contribution >= 0.6 is 7.60 Å². The standard InChI is InChI=1S/C17H33O7PSi/c1-16(2,3)26(8,9)24-15-13(18)12(25(19,20-6)21-7)10-11-14(15)23-17(4,5)22-11/h10-11,13-15,18H,1-9H3/t11-,13+,14-,15-/m1/s1. The van der Waals surface area contributed by atoms with Crippen LogP contribution in [0, 0.1) is 0 Å². The van der Waals surface area contributed by atoms with Crippen LogP contribution in [0.15, 0.2) is 11.4 Å². The van der Waals surface area contributed by atoms with Crippen LogP contribution in [-0.4, -0.2) is 57.8 Å². The number of aliphatic hydroxyl groups excluding tert-OH is 1. The van der Waals surface area contributed by atoms with Gasteiger partial charge in [-0.1, -0.05) is 20.8 Å². The fourth-order valence-corrected chi connectivity index (χ4v) is 5.67. The summed E-state index contributed by atoms with van der Waals surface area (Å²) in [6.07, 6.45) is -1.30. The molecule has 1 aliphatic carbocycles. The van der Waals surface area contributed by atoms with Crippen molar-refractivity contribution in [3.63, 3.8) is 0 Å². The predicted octanol–water partition coefficient (Wildman–Crippen LogP) is 3.64. The van der Waals surface area contributed by atoms with E-state index in [-0.39, 0.29) is 10.4 Å². The second-order valence-electron chi connectivity index (χ2n) is 8.81. The highest BCUT2D eigenvalue weighted by Crippen LogP contribution is 2.59. The van der Waals surface area contributed by atoms with Crippen molar-refractivity contribution in [2.75, 3.05) is 14.2 Å². The summed E-state index contributed by atoms with van der Waals surface area (Å²) in [5, 5.41) is 11.1. The number of aliphatic hydroxyl groups is 1. The normalized spacial score (nSPS) is 32.3. The van der Waals surface area contributed by atoms with Crippen LogP contribution in [0.3, 0.4) is 0 Å². The maximum atomic E-state index is 13.0. The molecule has 26 heavy (non-hydrogen) atoms. The van der Waals surface area contributed by atoms with Crippen molar-refractivity contribution in [2.24, 2.45) is 0 Å². The van der Waals surface area contributed by atoms with Gasteiger partial charge in [-0.05, 0) is 38.1 Å². The Morgan fingerprint density at radius 3 is 2.19 bits per heavy atom. The molecular weight excluding hydrogens is 375 g/mol. The smallest absolute Gasteiger partial charge is 0.359 e. The highest BCUT2D eigenvalue weighted by Gasteiger charge is 2.56. The van der Waals surface area contributed by atoms with Gasteiger partial charge in [0, 0.05) is 14.2 Å². The molecular formula is C17H33O7PSi. The van der Waals surface area contributed by atoms with Crippen LogP contribution in [0.1, 0.15) is 34.6 Å². The number of hydrogen-bond acceptors (Lipinski definition) is 7. The summed E-state index contributed by atoms with van der Waals surface area (Å²) in [5.41, 5.74) is 0. The molecule has 0 radical (unpaired) electrons. The average Bonchev–Trinajstić information content (AvgIpc) is 2.82. The van der Waals surface area contributed by atoms with Crippen molar-refractivity contribution in [1.29, 1.82) is 0 Å². The van der Waals surface area contributed by atoms with Crippen LogP contribution in [0.2, 0.25) is 18.1 Å². The van der Waals surface area contributed by atoms with Crippen LogP contribution < -0.4 is 0 Å². The average molecular weight is 409 g/mol. The third kappa shape index (κ3) is 4.03. The Hall–Kier alpha value is -0.0531. The van der Waals surface area contributed by atoms with E-state index in [4.69, 9.17) is 22.9 Å². The van der Waals surface area contributed by atoms with Crippen LogP contribution in [0.5, 0.6) is 0 Å². The summed E-state index contributed by atoms with van der Waals surface area (Å²) in [6, 6.07) is 0. The summed E-state index contributed by atoms with van der Waals surface area (Å²) >= 11 is 0. The highest BCUT2D eigenvalue weighted by molar-refractivity contribution is 7.58. The maximum absolute atomic E-state index is 13.0. The first-order valence-corrected chi connectivity index (χ1v) is 13.3. The van der Waals surface area contributed by atoms with Gasteiger partial charge in [0.2, 0.25) is 0 Å². The molecule has 1 aliphatic heterocycles. The number of hydrogen-bond donors (Lipinski definition) is 1. The Morgan fingerprint density at radius 1 is 1.19 bits per heavy atom. The molecule has 0 saturated carbocycles. The molecule has 4 atom stereocenters. The Bertz CT molecular complexity index is 603. The molecule has 7 nitrogen and oxygen atoms in total. The predicted molar refractivity (Wildman–Crippen MR) is 102 cm³/mol. The Labute approximate surface area is 157 Å². The summed E-state index contributed by atoms with van der Waals surface area (Å²) < 4.78 is 41.6. The zero-order valence-electron chi connectivity index (χ0n) is 17.2. The van der Waals surface area contributed by atoms with Crippen LogP contribution in [0.25, 0.3) is 0 Å². The third-order valence-electron chi connectivity index (χ3n) is 5.47.